The van der Waals surface area contributed by atoms with E-state index in [0.29, 0.717) is 12.1 Å². The molecular formula is C16H25N5. The Morgan fingerprint density at radius 1 is 1.43 bits per heavy atom. The molecule has 2 aromatic heterocycles. The Bertz CT molecular complexity index is 606. The quantitative estimate of drug-likeness (QED) is 0.938. The Kier molecular flexibility index (Phi) is 4.10. The highest BCUT2D eigenvalue weighted by Gasteiger charge is 2.29. The molecule has 0 amide bonds. The number of nitrogens with one attached hydrogen (secondary N) is 1. The Morgan fingerprint density at radius 3 is 3.10 bits per heavy atom. The molecule has 3 rings (SSSR count). The van der Waals surface area contributed by atoms with Crippen molar-refractivity contribution < 1.29 is 0 Å². The first kappa shape index (κ1) is 14.3. The van der Waals surface area contributed by atoms with Crippen molar-refractivity contribution in [2.24, 2.45) is 0 Å². The zero-order valence-electron chi connectivity index (χ0n) is 13.2. The zero-order chi connectivity index (χ0) is 14.8. The van der Waals surface area contributed by atoms with E-state index in [1.165, 1.54) is 19.3 Å². The van der Waals surface area contributed by atoms with E-state index in [1.54, 1.807) is 0 Å². The Hall–Kier alpha value is -1.62. The molecule has 21 heavy (non-hydrogen) atoms. The van der Waals surface area contributed by atoms with Crippen LogP contribution in [0.2, 0.25) is 0 Å². The van der Waals surface area contributed by atoms with E-state index in [1.807, 2.05) is 23.8 Å². The lowest BCUT2D eigenvalue weighted by atomic mass is 9.96. The molecule has 2 aromatic rings. The first-order valence-electron chi connectivity index (χ1n) is 8.01. The second kappa shape index (κ2) is 6.02. The van der Waals surface area contributed by atoms with Gasteiger partial charge >= 0.3 is 0 Å². The van der Waals surface area contributed by atoms with Crippen LogP contribution in [0.1, 0.15) is 38.8 Å². The van der Waals surface area contributed by atoms with Crippen molar-refractivity contribution in [3.63, 3.8) is 0 Å². The van der Waals surface area contributed by atoms with Gasteiger partial charge in [0.1, 0.15) is 5.52 Å². The second-order valence-corrected chi connectivity index (χ2v) is 5.97. The summed E-state index contributed by atoms with van der Waals surface area (Å²) >= 11 is 0. The Balaban J connectivity index is 1.98. The summed E-state index contributed by atoms with van der Waals surface area (Å²) in [5.74, 6) is 1.08. The fourth-order valence-electron chi connectivity index (χ4n) is 3.45. The predicted molar refractivity (Wildman–Crippen MR) is 85.8 cm³/mol. The van der Waals surface area contributed by atoms with E-state index in [4.69, 9.17) is 0 Å². The highest BCUT2D eigenvalue weighted by Crippen LogP contribution is 2.28. The lowest BCUT2D eigenvalue weighted by Crippen LogP contribution is -2.51. The van der Waals surface area contributed by atoms with Gasteiger partial charge in [0.15, 0.2) is 5.82 Å². The van der Waals surface area contributed by atoms with Crippen LogP contribution in [0.5, 0.6) is 0 Å². The van der Waals surface area contributed by atoms with Gasteiger partial charge in [-0.15, -0.1) is 0 Å². The minimum absolute atomic E-state index is 0.473. The molecule has 0 spiro atoms. The predicted octanol–water partition coefficient (Wildman–Crippen LogP) is 2.39. The number of hydrogen-bond donors (Lipinski definition) is 1. The summed E-state index contributed by atoms with van der Waals surface area (Å²) in [4.78, 5) is 7.15. The lowest BCUT2D eigenvalue weighted by molar-refractivity contribution is 0.370. The molecule has 1 aliphatic rings. The smallest absolute Gasteiger partial charge is 0.154 e. The normalized spacial score (nSPS) is 20.9. The van der Waals surface area contributed by atoms with Crippen molar-refractivity contribution in [3.05, 3.63) is 24.2 Å². The van der Waals surface area contributed by atoms with Crippen molar-refractivity contribution in [1.29, 1.82) is 0 Å². The molecular weight excluding hydrogens is 262 g/mol. The summed E-state index contributed by atoms with van der Waals surface area (Å²) in [6.07, 6.45) is 7.56. The van der Waals surface area contributed by atoms with Crippen LogP contribution in [0.15, 0.2) is 18.5 Å². The topological polar surface area (TPSA) is 45.5 Å². The van der Waals surface area contributed by atoms with Gasteiger partial charge in [0.05, 0.1) is 5.69 Å². The summed E-state index contributed by atoms with van der Waals surface area (Å²) in [6.45, 7) is 8.58. The van der Waals surface area contributed by atoms with Gasteiger partial charge in [-0.1, -0.05) is 6.92 Å². The van der Waals surface area contributed by atoms with Gasteiger partial charge in [-0.3, -0.25) is 0 Å². The number of aryl methyl sites for hydroxylation is 1. The summed E-state index contributed by atoms with van der Waals surface area (Å²) in [5.41, 5.74) is 2.16. The summed E-state index contributed by atoms with van der Waals surface area (Å²) < 4.78 is 1.95. The van der Waals surface area contributed by atoms with Crippen molar-refractivity contribution in [1.82, 2.24) is 19.9 Å². The van der Waals surface area contributed by atoms with Crippen LogP contribution in [-0.4, -0.2) is 39.8 Å². The van der Waals surface area contributed by atoms with Gasteiger partial charge in [0.2, 0.25) is 0 Å². The first-order chi connectivity index (χ1) is 10.2. The van der Waals surface area contributed by atoms with Crippen LogP contribution in [0.4, 0.5) is 5.82 Å². The summed E-state index contributed by atoms with van der Waals surface area (Å²) in [7, 11) is 0. The summed E-state index contributed by atoms with van der Waals surface area (Å²) in [6, 6.07) is 3.11. The Morgan fingerprint density at radius 2 is 2.29 bits per heavy atom. The number of rotatable bonds is 4. The molecule has 0 aromatic carbocycles. The third kappa shape index (κ3) is 2.75. The van der Waals surface area contributed by atoms with E-state index >= 15 is 0 Å². The van der Waals surface area contributed by atoms with Crippen molar-refractivity contribution >= 4 is 11.3 Å². The van der Waals surface area contributed by atoms with E-state index in [9.17, 15) is 0 Å². The van der Waals surface area contributed by atoms with Crippen LogP contribution < -0.4 is 10.2 Å². The van der Waals surface area contributed by atoms with Gasteiger partial charge in [0.25, 0.3) is 0 Å². The standard InChI is InChI=1S/C16H25N5/c1-4-17-13(3)14-7-5-6-9-20(14)16-15-11-12(2)19-21(15)10-8-18-16/h8,10-11,13-14,17H,4-7,9H2,1-3H3. The van der Waals surface area contributed by atoms with Crippen molar-refractivity contribution in [3.8, 4) is 0 Å². The van der Waals surface area contributed by atoms with Crippen LogP contribution in [-0.2, 0) is 0 Å². The molecule has 3 heterocycles. The largest absolute Gasteiger partial charge is 0.350 e. The number of likely N-dealkylation sites (N-methyl/N-ethyl adjacent to an activating group) is 1. The van der Waals surface area contributed by atoms with Crippen molar-refractivity contribution in [2.75, 3.05) is 18.0 Å². The minimum Gasteiger partial charge on any atom is -0.350 e. The maximum atomic E-state index is 4.67. The molecule has 1 fully saturated rings. The highest BCUT2D eigenvalue weighted by atomic mass is 15.3. The van der Waals surface area contributed by atoms with Gasteiger partial charge in [0, 0.05) is 31.0 Å². The SMILES string of the molecule is CCNC(C)C1CCCCN1c1nccn2nc(C)cc12. The molecule has 2 unspecified atom stereocenters. The second-order valence-electron chi connectivity index (χ2n) is 5.97. The maximum absolute atomic E-state index is 4.67. The number of anilines is 1. The average Bonchev–Trinajstić information content (AvgIpc) is 2.87. The maximum Gasteiger partial charge on any atom is 0.154 e. The molecule has 5 heteroatoms. The molecule has 1 N–H and O–H groups in total. The van der Waals surface area contributed by atoms with E-state index in [2.05, 4.69) is 40.2 Å². The van der Waals surface area contributed by atoms with Gasteiger partial charge in [-0.25, -0.2) is 9.50 Å². The molecule has 0 radical (unpaired) electrons. The van der Waals surface area contributed by atoms with Crippen LogP contribution in [0.3, 0.4) is 0 Å². The van der Waals surface area contributed by atoms with Crippen molar-refractivity contribution in [2.45, 2.75) is 52.1 Å². The highest BCUT2D eigenvalue weighted by molar-refractivity contribution is 5.69. The zero-order valence-corrected chi connectivity index (χ0v) is 13.2. The number of hydrogen-bond acceptors (Lipinski definition) is 4. The minimum atomic E-state index is 0.473. The van der Waals surface area contributed by atoms with Crippen LogP contribution >= 0.6 is 0 Å². The number of aromatic nitrogens is 3. The summed E-state index contributed by atoms with van der Waals surface area (Å²) in [5, 5.41) is 8.09. The third-order valence-corrected chi connectivity index (χ3v) is 4.42. The molecule has 5 nitrogen and oxygen atoms in total. The number of nitrogens with zero attached hydrogens (tertiary/aromatic N) is 4. The third-order valence-electron chi connectivity index (χ3n) is 4.42. The first-order valence-corrected chi connectivity index (χ1v) is 8.01. The fraction of sp³-hybridized carbons (Fsp3) is 0.625. The van der Waals surface area contributed by atoms with Gasteiger partial charge in [-0.05, 0) is 45.7 Å². The van der Waals surface area contributed by atoms with Gasteiger partial charge in [-0.2, -0.15) is 5.10 Å². The van der Waals surface area contributed by atoms with E-state index < -0.39 is 0 Å². The molecule has 1 saturated heterocycles. The van der Waals surface area contributed by atoms with Gasteiger partial charge < -0.3 is 10.2 Å². The molecule has 0 bridgehead atoms. The van der Waals surface area contributed by atoms with E-state index in [0.717, 1.165) is 30.1 Å². The lowest BCUT2D eigenvalue weighted by Gasteiger charge is -2.40. The number of fused-ring (bicyclic) bond motifs is 1. The molecule has 114 valence electrons. The van der Waals surface area contributed by atoms with E-state index in [-0.39, 0.29) is 0 Å². The van der Waals surface area contributed by atoms with Crippen LogP contribution in [0.25, 0.3) is 5.52 Å². The number of piperidine rings is 1. The monoisotopic (exact) mass is 287 g/mol. The fourth-order valence-corrected chi connectivity index (χ4v) is 3.45. The molecule has 1 aliphatic heterocycles. The Labute approximate surface area is 126 Å². The molecule has 0 saturated carbocycles. The molecule has 0 aliphatic carbocycles. The molecule has 2 atom stereocenters. The van der Waals surface area contributed by atoms with Crippen LogP contribution in [0, 0.1) is 6.92 Å². The average molecular weight is 287 g/mol.